The number of fused-ring (bicyclic) bond motifs is 1. The van der Waals surface area contributed by atoms with Crippen LogP contribution >= 0.6 is 23.1 Å². The zero-order chi connectivity index (χ0) is 14.8. The fraction of sp³-hybridized carbons (Fsp3) is 0.231. The number of nitrogens with zero attached hydrogens (tertiary/aromatic N) is 4. The molecule has 0 bridgehead atoms. The van der Waals surface area contributed by atoms with Crippen LogP contribution in [0.4, 0.5) is 5.95 Å². The van der Waals surface area contributed by atoms with Crippen molar-refractivity contribution in [3.8, 4) is 0 Å². The molecule has 8 heteroatoms. The molecule has 0 saturated carbocycles. The molecular formula is C13H14N6S2. The number of nitrogen functional groups attached to an aromatic ring is 1. The number of hydrogen-bond donors (Lipinski definition) is 2. The van der Waals surface area contributed by atoms with Gasteiger partial charge in [0, 0.05) is 22.7 Å². The Morgan fingerprint density at radius 2 is 2.05 bits per heavy atom. The zero-order valence-electron chi connectivity index (χ0n) is 11.6. The molecule has 3 aromatic heterocycles. The Kier molecular flexibility index (Phi) is 4.00. The van der Waals surface area contributed by atoms with E-state index < -0.39 is 0 Å². The molecule has 0 fully saturated rings. The lowest BCUT2D eigenvalue weighted by molar-refractivity contribution is 0.945. The Hall–Kier alpha value is -1.77. The average Bonchev–Trinajstić information content (AvgIpc) is 2.92. The quantitative estimate of drug-likeness (QED) is 0.331. The van der Waals surface area contributed by atoms with E-state index >= 15 is 0 Å². The SMILES string of the molecule is CCc1cc2c(Sc3ncc(C)cn3)nc(NN)nc2s1. The van der Waals surface area contributed by atoms with Crippen molar-refractivity contribution in [1.82, 2.24) is 19.9 Å². The van der Waals surface area contributed by atoms with Gasteiger partial charge in [-0.3, -0.25) is 5.43 Å². The summed E-state index contributed by atoms with van der Waals surface area (Å²) >= 11 is 3.07. The Labute approximate surface area is 130 Å². The van der Waals surface area contributed by atoms with Crippen molar-refractivity contribution < 1.29 is 0 Å². The molecule has 3 rings (SSSR count). The van der Waals surface area contributed by atoms with Crippen molar-refractivity contribution in [3.05, 3.63) is 28.9 Å². The molecule has 0 aliphatic heterocycles. The summed E-state index contributed by atoms with van der Waals surface area (Å²) in [4.78, 5) is 19.6. The van der Waals surface area contributed by atoms with Crippen LogP contribution in [0.5, 0.6) is 0 Å². The van der Waals surface area contributed by atoms with Gasteiger partial charge in [-0.05, 0) is 36.7 Å². The van der Waals surface area contributed by atoms with E-state index in [1.807, 2.05) is 6.92 Å². The van der Waals surface area contributed by atoms with Crippen molar-refractivity contribution in [1.29, 1.82) is 0 Å². The first-order valence-corrected chi connectivity index (χ1v) is 8.06. The minimum absolute atomic E-state index is 0.404. The summed E-state index contributed by atoms with van der Waals surface area (Å²) in [6.45, 7) is 4.08. The number of thiophene rings is 1. The summed E-state index contributed by atoms with van der Waals surface area (Å²) in [5.74, 6) is 5.86. The number of rotatable bonds is 4. The van der Waals surface area contributed by atoms with Crippen LogP contribution in [0.25, 0.3) is 10.2 Å². The van der Waals surface area contributed by atoms with Crippen molar-refractivity contribution >= 4 is 39.3 Å². The molecule has 0 aliphatic carbocycles. The molecule has 0 radical (unpaired) electrons. The second kappa shape index (κ2) is 5.92. The van der Waals surface area contributed by atoms with Crippen molar-refractivity contribution in [2.75, 3.05) is 5.43 Å². The van der Waals surface area contributed by atoms with Crippen LogP contribution in [0, 0.1) is 6.92 Å². The molecule has 108 valence electrons. The van der Waals surface area contributed by atoms with Gasteiger partial charge < -0.3 is 0 Å². The van der Waals surface area contributed by atoms with Crippen LogP contribution in [-0.4, -0.2) is 19.9 Å². The zero-order valence-corrected chi connectivity index (χ0v) is 13.3. The monoisotopic (exact) mass is 318 g/mol. The first kappa shape index (κ1) is 14.2. The van der Waals surface area contributed by atoms with Gasteiger partial charge in [-0.1, -0.05) is 6.92 Å². The highest BCUT2D eigenvalue weighted by Gasteiger charge is 2.13. The van der Waals surface area contributed by atoms with Crippen molar-refractivity contribution in [3.63, 3.8) is 0 Å². The molecular weight excluding hydrogens is 304 g/mol. The topological polar surface area (TPSA) is 89.6 Å². The number of aryl methyl sites for hydroxylation is 2. The summed E-state index contributed by atoms with van der Waals surface area (Å²) < 4.78 is 0. The third kappa shape index (κ3) is 2.97. The van der Waals surface area contributed by atoms with Gasteiger partial charge in [0.15, 0.2) is 5.16 Å². The summed E-state index contributed by atoms with van der Waals surface area (Å²) in [6, 6.07) is 2.12. The molecule has 3 N–H and O–H groups in total. The molecule has 6 nitrogen and oxygen atoms in total. The Balaban J connectivity index is 2.06. The normalized spacial score (nSPS) is 11.0. The summed E-state index contributed by atoms with van der Waals surface area (Å²) in [6.07, 6.45) is 4.55. The highest BCUT2D eigenvalue weighted by molar-refractivity contribution is 7.99. The molecule has 0 spiro atoms. The lowest BCUT2D eigenvalue weighted by atomic mass is 10.3. The maximum Gasteiger partial charge on any atom is 0.239 e. The predicted molar refractivity (Wildman–Crippen MR) is 85.5 cm³/mol. The Morgan fingerprint density at radius 3 is 2.71 bits per heavy atom. The standard InChI is InChI=1S/C13H14N6S2/c1-3-8-4-9-10(20-8)17-12(19-14)18-11(9)21-13-15-5-7(2)6-16-13/h4-6H,3,14H2,1-2H3,(H,17,18,19). The van der Waals surface area contributed by atoms with E-state index in [-0.39, 0.29) is 0 Å². The van der Waals surface area contributed by atoms with E-state index in [0.717, 1.165) is 27.2 Å². The average molecular weight is 318 g/mol. The van der Waals surface area contributed by atoms with E-state index in [1.165, 1.54) is 16.6 Å². The lowest BCUT2D eigenvalue weighted by Gasteiger charge is -2.04. The molecule has 3 heterocycles. The van der Waals surface area contributed by atoms with Crippen LogP contribution in [-0.2, 0) is 6.42 Å². The van der Waals surface area contributed by atoms with Crippen molar-refractivity contribution in [2.45, 2.75) is 30.5 Å². The molecule has 0 unspecified atom stereocenters. The van der Waals surface area contributed by atoms with Crippen LogP contribution < -0.4 is 11.3 Å². The second-order valence-corrected chi connectivity index (χ2v) is 6.50. The van der Waals surface area contributed by atoms with Gasteiger partial charge in [-0.2, -0.15) is 0 Å². The maximum absolute atomic E-state index is 5.45. The van der Waals surface area contributed by atoms with Gasteiger partial charge in [-0.15, -0.1) is 11.3 Å². The number of hydrazine groups is 1. The molecule has 3 aromatic rings. The summed E-state index contributed by atoms with van der Waals surface area (Å²) in [7, 11) is 0. The fourth-order valence-corrected chi connectivity index (χ4v) is 3.59. The van der Waals surface area contributed by atoms with Crippen molar-refractivity contribution in [2.24, 2.45) is 5.84 Å². The second-order valence-electron chi connectivity index (χ2n) is 4.43. The Bertz CT molecular complexity index is 768. The summed E-state index contributed by atoms with van der Waals surface area (Å²) in [5.41, 5.74) is 3.54. The van der Waals surface area contributed by atoms with Crippen LogP contribution in [0.3, 0.4) is 0 Å². The molecule has 0 saturated heterocycles. The molecule has 0 amide bonds. The highest BCUT2D eigenvalue weighted by Crippen LogP contribution is 2.34. The molecule has 0 atom stereocenters. The van der Waals surface area contributed by atoms with Gasteiger partial charge >= 0.3 is 0 Å². The van der Waals surface area contributed by atoms with E-state index in [0.29, 0.717) is 11.1 Å². The highest BCUT2D eigenvalue weighted by atomic mass is 32.2. The van der Waals surface area contributed by atoms with E-state index in [2.05, 4.69) is 38.4 Å². The number of nitrogens with one attached hydrogen (secondary N) is 1. The fourth-order valence-electron chi connectivity index (χ4n) is 1.78. The maximum atomic E-state index is 5.45. The Morgan fingerprint density at radius 1 is 1.29 bits per heavy atom. The van der Waals surface area contributed by atoms with E-state index in [4.69, 9.17) is 5.84 Å². The molecule has 0 aromatic carbocycles. The summed E-state index contributed by atoms with van der Waals surface area (Å²) in [5, 5.41) is 2.49. The first-order chi connectivity index (χ1) is 10.2. The van der Waals surface area contributed by atoms with Crippen LogP contribution in [0.1, 0.15) is 17.4 Å². The van der Waals surface area contributed by atoms with Gasteiger partial charge in [0.1, 0.15) is 9.86 Å². The first-order valence-electron chi connectivity index (χ1n) is 6.43. The number of nitrogens with two attached hydrogens (primary N) is 1. The van der Waals surface area contributed by atoms with Gasteiger partial charge in [0.05, 0.1) is 0 Å². The molecule has 0 aliphatic rings. The third-order valence-electron chi connectivity index (χ3n) is 2.83. The van der Waals surface area contributed by atoms with Gasteiger partial charge in [-0.25, -0.2) is 25.8 Å². The number of anilines is 1. The van der Waals surface area contributed by atoms with Gasteiger partial charge in [0.2, 0.25) is 5.95 Å². The largest absolute Gasteiger partial charge is 0.292 e. The van der Waals surface area contributed by atoms with Crippen LogP contribution in [0.2, 0.25) is 0 Å². The molecule has 21 heavy (non-hydrogen) atoms. The van der Waals surface area contributed by atoms with E-state index in [9.17, 15) is 0 Å². The third-order valence-corrected chi connectivity index (χ3v) is 4.90. The lowest BCUT2D eigenvalue weighted by Crippen LogP contribution is -2.10. The van der Waals surface area contributed by atoms with Gasteiger partial charge in [0.25, 0.3) is 0 Å². The van der Waals surface area contributed by atoms with E-state index in [1.54, 1.807) is 23.7 Å². The number of hydrogen-bond acceptors (Lipinski definition) is 8. The minimum atomic E-state index is 0.404. The number of aromatic nitrogens is 4. The minimum Gasteiger partial charge on any atom is -0.292 e. The predicted octanol–water partition coefficient (Wildman–Crippen LogP) is 2.79. The van der Waals surface area contributed by atoms with Crippen LogP contribution in [0.15, 0.2) is 28.6 Å². The smallest absolute Gasteiger partial charge is 0.239 e.